The molecule has 1 aromatic heterocycles. The molecule has 0 spiro atoms. The second-order valence-electron chi connectivity index (χ2n) is 5.59. The normalized spacial score (nSPS) is 18.1. The maximum Gasteiger partial charge on any atom is 0.271 e. The molecule has 126 valence electrons. The van der Waals surface area contributed by atoms with Crippen LogP contribution in [0.4, 0.5) is 11.5 Å². The van der Waals surface area contributed by atoms with Gasteiger partial charge in [0.2, 0.25) is 11.8 Å². The fourth-order valence-corrected chi connectivity index (χ4v) is 2.52. The highest BCUT2D eigenvalue weighted by Crippen LogP contribution is 2.16. The van der Waals surface area contributed by atoms with Crippen molar-refractivity contribution in [2.24, 2.45) is 5.10 Å². The third kappa shape index (κ3) is 3.50. The number of amides is 3. The van der Waals surface area contributed by atoms with Crippen LogP contribution in [0.1, 0.15) is 12.8 Å². The average Bonchev–Trinajstić information content (AvgIpc) is 2.58. The van der Waals surface area contributed by atoms with Crippen molar-refractivity contribution in [3.63, 3.8) is 0 Å². The molecule has 2 aliphatic rings. The molecule has 0 radical (unpaired) electrons. The molecule has 0 aromatic carbocycles. The van der Waals surface area contributed by atoms with Gasteiger partial charge >= 0.3 is 0 Å². The molecule has 1 fully saturated rings. The molecular weight excluding hydrogens is 312 g/mol. The Morgan fingerprint density at radius 1 is 1.29 bits per heavy atom. The second kappa shape index (κ2) is 6.65. The van der Waals surface area contributed by atoms with Crippen LogP contribution in [0, 0.1) is 0 Å². The van der Waals surface area contributed by atoms with Crippen molar-refractivity contribution in [2.75, 3.05) is 36.9 Å². The van der Waals surface area contributed by atoms with Gasteiger partial charge in [-0.15, -0.1) is 0 Å². The van der Waals surface area contributed by atoms with E-state index in [0.717, 1.165) is 0 Å². The van der Waals surface area contributed by atoms with Crippen LogP contribution in [0.15, 0.2) is 23.4 Å². The monoisotopic (exact) mass is 330 g/mol. The fraction of sp³-hybridized carbons (Fsp3) is 0.400. The quantitative estimate of drug-likeness (QED) is 0.782. The summed E-state index contributed by atoms with van der Waals surface area (Å²) in [6.07, 6.45) is 2.14. The Bertz CT molecular complexity index is 700. The molecule has 0 atom stereocenters. The third-order valence-corrected chi connectivity index (χ3v) is 3.84. The molecule has 3 rings (SSSR count). The molecule has 0 saturated carbocycles. The number of nitrogens with one attached hydrogen (secondary N) is 2. The minimum absolute atomic E-state index is 0.0330. The minimum atomic E-state index is -0.346. The summed E-state index contributed by atoms with van der Waals surface area (Å²) in [4.78, 5) is 41.1. The van der Waals surface area contributed by atoms with Crippen LogP contribution in [-0.4, -0.2) is 60.1 Å². The van der Waals surface area contributed by atoms with Crippen molar-refractivity contribution >= 4 is 34.9 Å². The number of carbonyl (C=O) groups is 3. The van der Waals surface area contributed by atoms with E-state index >= 15 is 0 Å². The maximum absolute atomic E-state index is 12.2. The highest BCUT2D eigenvalue weighted by molar-refractivity contribution is 6.43. The Labute approximate surface area is 138 Å². The molecule has 0 unspecified atom stereocenters. The minimum Gasteiger partial charge on any atom is -0.353 e. The van der Waals surface area contributed by atoms with E-state index in [0.29, 0.717) is 36.7 Å². The summed E-state index contributed by atoms with van der Waals surface area (Å²) in [7, 11) is 1.53. The van der Waals surface area contributed by atoms with Crippen molar-refractivity contribution < 1.29 is 14.4 Å². The Balaban J connectivity index is 1.64. The topological polar surface area (TPSA) is 107 Å². The number of nitrogens with zero attached hydrogens (tertiary/aromatic N) is 4. The number of aromatic nitrogens is 1. The second-order valence-corrected chi connectivity index (χ2v) is 5.59. The van der Waals surface area contributed by atoms with Crippen molar-refractivity contribution in [2.45, 2.75) is 12.8 Å². The number of hydrazone groups is 1. The summed E-state index contributed by atoms with van der Waals surface area (Å²) < 4.78 is 0. The van der Waals surface area contributed by atoms with Gasteiger partial charge in [-0.1, -0.05) is 0 Å². The summed E-state index contributed by atoms with van der Waals surface area (Å²) in [5.74, 6) is 0.196. The number of piperazine rings is 1. The summed E-state index contributed by atoms with van der Waals surface area (Å²) in [5, 5.41) is 10.6. The van der Waals surface area contributed by atoms with Gasteiger partial charge in [-0.25, -0.2) is 9.99 Å². The summed E-state index contributed by atoms with van der Waals surface area (Å²) in [5.41, 5.74) is 0.848. The van der Waals surface area contributed by atoms with E-state index in [1.54, 1.807) is 12.1 Å². The third-order valence-electron chi connectivity index (χ3n) is 3.84. The van der Waals surface area contributed by atoms with E-state index in [9.17, 15) is 14.4 Å². The van der Waals surface area contributed by atoms with Crippen molar-refractivity contribution in [1.29, 1.82) is 0 Å². The molecule has 0 aliphatic carbocycles. The van der Waals surface area contributed by atoms with Gasteiger partial charge in [0.15, 0.2) is 0 Å². The van der Waals surface area contributed by atoms with Gasteiger partial charge in [0.25, 0.3) is 5.91 Å². The fourth-order valence-electron chi connectivity index (χ4n) is 2.52. The Kier molecular flexibility index (Phi) is 4.41. The van der Waals surface area contributed by atoms with Crippen LogP contribution in [-0.2, 0) is 14.4 Å². The zero-order chi connectivity index (χ0) is 17.1. The van der Waals surface area contributed by atoms with E-state index in [-0.39, 0.29) is 30.7 Å². The smallest absolute Gasteiger partial charge is 0.271 e. The number of pyridine rings is 1. The molecule has 3 amide bonds. The van der Waals surface area contributed by atoms with Gasteiger partial charge in [0.1, 0.15) is 11.5 Å². The SMILES string of the molecule is CN1N=C(C(=O)Nc2ccc(N3CCNC(=O)C3)nc2)CCC1=O. The lowest BCUT2D eigenvalue weighted by molar-refractivity contribution is -0.130. The van der Waals surface area contributed by atoms with E-state index in [2.05, 4.69) is 20.7 Å². The standard InChI is InChI=1S/C15H18N6O3/c1-20-14(23)5-3-11(19-20)15(24)18-10-2-4-12(17-8-10)21-7-6-16-13(22)9-21/h2,4,8H,3,5-7,9H2,1H3,(H,16,22)(H,18,24). The number of hydrogen-bond acceptors (Lipinski definition) is 6. The number of hydrogen-bond donors (Lipinski definition) is 2. The zero-order valence-corrected chi connectivity index (χ0v) is 13.3. The molecule has 2 N–H and O–H groups in total. The molecule has 1 aromatic rings. The predicted octanol–water partition coefficient (Wildman–Crippen LogP) is -0.435. The highest BCUT2D eigenvalue weighted by atomic mass is 16.2. The molecule has 24 heavy (non-hydrogen) atoms. The van der Waals surface area contributed by atoms with Crippen LogP contribution in [0.2, 0.25) is 0 Å². The lowest BCUT2D eigenvalue weighted by Crippen LogP contribution is -2.48. The molecule has 1 saturated heterocycles. The lowest BCUT2D eigenvalue weighted by atomic mass is 10.1. The van der Waals surface area contributed by atoms with Crippen LogP contribution in [0.25, 0.3) is 0 Å². The van der Waals surface area contributed by atoms with Crippen LogP contribution in [0.3, 0.4) is 0 Å². The van der Waals surface area contributed by atoms with Crippen molar-refractivity contribution in [3.8, 4) is 0 Å². The summed E-state index contributed by atoms with van der Waals surface area (Å²) in [6, 6.07) is 3.48. The Hall–Kier alpha value is -2.97. The highest BCUT2D eigenvalue weighted by Gasteiger charge is 2.22. The first-order chi connectivity index (χ1) is 11.5. The Morgan fingerprint density at radius 2 is 2.12 bits per heavy atom. The molecule has 9 nitrogen and oxygen atoms in total. The first-order valence-corrected chi connectivity index (χ1v) is 7.66. The lowest BCUT2D eigenvalue weighted by Gasteiger charge is -2.27. The zero-order valence-electron chi connectivity index (χ0n) is 13.3. The molecular formula is C15H18N6O3. The van der Waals surface area contributed by atoms with Gasteiger partial charge in [0, 0.05) is 33.0 Å². The van der Waals surface area contributed by atoms with E-state index in [4.69, 9.17) is 0 Å². The predicted molar refractivity (Wildman–Crippen MR) is 87.5 cm³/mol. The van der Waals surface area contributed by atoms with E-state index in [1.165, 1.54) is 18.3 Å². The summed E-state index contributed by atoms with van der Waals surface area (Å²) >= 11 is 0. The molecule has 0 bridgehead atoms. The van der Waals surface area contributed by atoms with E-state index < -0.39 is 0 Å². The maximum atomic E-state index is 12.2. The molecule has 9 heteroatoms. The number of rotatable bonds is 3. The molecule has 3 heterocycles. The van der Waals surface area contributed by atoms with Crippen molar-refractivity contribution in [1.82, 2.24) is 15.3 Å². The van der Waals surface area contributed by atoms with Gasteiger partial charge < -0.3 is 15.5 Å². The molecule has 2 aliphatic heterocycles. The van der Waals surface area contributed by atoms with Crippen molar-refractivity contribution in [3.05, 3.63) is 18.3 Å². The first-order valence-electron chi connectivity index (χ1n) is 7.66. The van der Waals surface area contributed by atoms with Crippen LogP contribution >= 0.6 is 0 Å². The van der Waals surface area contributed by atoms with E-state index in [1.807, 2.05) is 4.90 Å². The van der Waals surface area contributed by atoms with Gasteiger partial charge in [-0.2, -0.15) is 5.10 Å². The van der Waals surface area contributed by atoms with Crippen LogP contribution in [0.5, 0.6) is 0 Å². The summed E-state index contributed by atoms with van der Waals surface area (Å²) in [6.45, 7) is 1.56. The largest absolute Gasteiger partial charge is 0.353 e. The first kappa shape index (κ1) is 15.9. The Morgan fingerprint density at radius 3 is 2.79 bits per heavy atom. The number of anilines is 2. The average molecular weight is 330 g/mol. The number of carbonyl (C=O) groups excluding carboxylic acids is 3. The van der Waals surface area contributed by atoms with Gasteiger partial charge in [0.05, 0.1) is 18.4 Å². The van der Waals surface area contributed by atoms with Crippen LogP contribution < -0.4 is 15.5 Å². The van der Waals surface area contributed by atoms with Gasteiger partial charge in [-0.3, -0.25) is 14.4 Å². The van der Waals surface area contributed by atoms with Gasteiger partial charge in [-0.05, 0) is 12.1 Å².